The van der Waals surface area contributed by atoms with Crippen LogP contribution in [0.3, 0.4) is 0 Å². The fourth-order valence-corrected chi connectivity index (χ4v) is 1.86. The minimum absolute atomic E-state index is 0.00759. The molecule has 0 aliphatic carbocycles. The van der Waals surface area contributed by atoms with Crippen LogP contribution in [0, 0.1) is 5.82 Å². The predicted octanol–water partition coefficient (Wildman–Crippen LogP) is 2.45. The van der Waals surface area contributed by atoms with Gasteiger partial charge in [-0.25, -0.2) is 9.37 Å². The Kier molecular flexibility index (Phi) is 3.71. The summed E-state index contributed by atoms with van der Waals surface area (Å²) in [6, 6.07) is 4.39. The fraction of sp³-hybridized carbons (Fsp3) is 0.273. The van der Waals surface area contributed by atoms with Crippen molar-refractivity contribution < 1.29 is 4.39 Å². The number of hydrogen-bond acceptors (Lipinski definition) is 3. The molecule has 2 N–H and O–H groups in total. The van der Waals surface area contributed by atoms with Gasteiger partial charge in [-0.05, 0) is 24.6 Å². The van der Waals surface area contributed by atoms with E-state index in [-0.39, 0.29) is 11.9 Å². The van der Waals surface area contributed by atoms with Gasteiger partial charge in [-0.3, -0.25) is 5.10 Å². The maximum atomic E-state index is 12.9. The second kappa shape index (κ2) is 5.25. The van der Waals surface area contributed by atoms with Crippen LogP contribution in [-0.4, -0.2) is 15.2 Å². The van der Waals surface area contributed by atoms with E-state index in [1.807, 2.05) is 6.92 Å². The quantitative estimate of drug-likeness (QED) is 0.881. The molecule has 4 nitrogen and oxygen atoms in total. The zero-order valence-electron chi connectivity index (χ0n) is 9.24. The number of nitrogens with one attached hydrogen (secondary N) is 2. The maximum absolute atomic E-state index is 12.9. The molecule has 2 aromatic rings. The van der Waals surface area contributed by atoms with Crippen molar-refractivity contribution in [2.75, 3.05) is 0 Å². The van der Waals surface area contributed by atoms with Gasteiger partial charge in [0, 0.05) is 11.1 Å². The van der Waals surface area contributed by atoms with E-state index in [1.54, 1.807) is 6.07 Å². The van der Waals surface area contributed by atoms with Gasteiger partial charge in [-0.1, -0.05) is 17.7 Å². The van der Waals surface area contributed by atoms with E-state index in [0.29, 0.717) is 11.6 Å². The van der Waals surface area contributed by atoms with Crippen molar-refractivity contribution in [3.05, 3.63) is 46.8 Å². The van der Waals surface area contributed by atoms with Gasteiger partial charge in [0.15, 0.2) is 0 Å². The zero-order valence-corrected chi connectivity index (χ0v) is 10.0. The molecule has 0 saturated heterocycles. The molecule has 0 amide bonds. The van der Waals surface area contributed by atoms with Crippen LogP contribution in [0.15, 0.2) is 24.5 Å². The Balaban J connectivity index is 2.01. The molecule has 1 heterocycles. The molecule has 90 valence electrons. The van der Waals surface area contributed by atoms with E-state index in [1.165, 1.54) is 18.5 Å². The molecule has 0 saturated carbocycles. The summed E-state index contributed by atoms with van der Waals surface area (Å²) in [5, 5.41) is 10.1. The molecule has 1 aromatic heterocycles. The number of aromatic nitrogens is 3. The number of hydrogen-bond donors (Lipinski definition) is 2. The highest BCUT2D eigenvalue weighted by Crippen LogP contribution is 2.23. The molecule has 0 aliphatic heterocycles. The molecule has 17 heavy (non-hydrogen) atoms. The van der Waals surface area contributed by atoms with Gasteiger partial charge in [0.05, 0.1) is 6.54 Å². The summed E-state index contributed by atoms with van der Waals surface area (Å²) in [6.07, 6.45) is 1.45. The average Bonchev–Trinajstić information content (AvgIpc) is 2.78. The first-order valence-electron chi connectivity index (χ1n) is 5.19. The number of halogens is 2. The number of aromatic amines is 1. The van der Waals surface area contributed by atoms with Gasteiger partial charge >= 0.3 is 0 Å². The van der Waals surface area contributed by atoms with Gasteiger partial charge < -0.3 is 5.32 Å². The van der Waals surface area contributed by atoms with Crippen LogP contribution in [0.1, 0.15) is 24.4 Å². The van der Waals surface area contributed by atoms with Crippen molar-refractivity contribution >= 4 is 11.6 Å². The standard InChI is InChI=1S/C11H12ClFN4/c1-7(14-5-11-15-6-16-17-11)9-3-2-8(13)4-10(9)12/h2-4,6-7,14H,5H2,1H3,(H,15,16,17). The van der Waals surface area contributed by atoms with Gasteiger partial charge in [0.25, 0.3) is 0 Å². The predicted molar refractivity (Wildman–Crippen MR) is 63.0 cm³/mol. The second-order valence-electron chi connectivity index (χ2n) is 3.70. The van der Waals surface area contributed by atoms with Crippen LogP contribution in [0.5, 0.6) is 0 Å². The van der Waals surface area contributed by atoms with Crippen LogP contribution < -0.4 is 5.32 Å². The van der Waals surface area contributed by atoms with E-state index in [2.05, 4.69) is 20.5 Å². The third-order valence-electron chi connectivity index (χ3n) is 2.47. The monoisotopic (exact) mass is 254 g/mol. The lowest BCUT2D eigenvalue weighted by Gasteiger charge is -2.14. The van der Waals surface area contributed by atoms with Crippen molar-refractivity contribution in [1.29, 1.82) is 0 Å². The zero-order chi connectivity index (χ0) is 12.3. The van der Waals surface area contributed by atoms with E-state index >= 15 is 0 Å². The Morgan fingerprint density at radius 3 is 3.00 bits per heavy atom. The molecule has 0 radical (unpaired) electrons. The normalized spacial score (nSPS) is 12.6. The first kappa shape index (κ1) is 12.0. The van der Waals surface area contributed by atoms with Crippen LogP contribution in [0.25, 0.3) is 0 Å². The first-order chi connectivity index (χ1) is 8.16. The van der Waals surface area contributed by atoms with Gasteiger partial charge in [-0.15, -0.1) is 0 Å². The summed E-state index contributed by atoms with van der Waals surface area (Å²) in [5.41, 5.74) is 0.854. The summed E-state index contributed by atoms with van der Waals surface area (Å²) in [6.45, 7) is 2.50. The smallest absolute Gasteiger partial charge is 0.138 e. The highest BCUT2D eigenvalue weighted by Gasteiger charge is 2.10. The second-order valence-corrected chi connectivity index (χ2v) is 4.11. The number of nitrogens with zero attached hydrogens (tertiary/aromatic N) is 2. The molecule has 1 atom stereocenters. The van der Waals surface area contributed by atoms with E-state index in [9.17, 15) is 4.39 Å². The molecule has 6 heteroatoms. The molecule has 1 unspecified atom stereocenters. The Labute approximate surface area is 103 Å². The van der Waals surface area contributed by atoms with E-state index < -0.39 is 0 Å². The lowest BCUT2D eigenvalue weighted by Crippen LogP contribution is -2.19. The average molecular weight is 255 g/mol. The van der Waals surface area contributed by atoms with Crippen LogP contribution in [-0.2, 0) is 6.54 Å². The molecule has 0 bridgehead atoms. The molecule has 0 aliphatic rings. The third kappa shape index (κ3) is 3.01. The molecule has 2 rings (SSSR count). The van der Waals surface area contributed by atoms with Gasteiger partial charge in [-0.2, -0.15) is 5.10 Å². The van der Waals surface area contributed by atoms with Gasteiger partial charge in [0.1, 0.15) is 18.0 Å². The lowest BCUT2D eigenvalue weighted by molar-refractivity contribution is 0.558. The Bertz CT molecular complexity index is 486. The van der Waals surface area contributed by atoms with Gasteiger partial charge in [0.2, 0.25) is 0 Å². The van der Waals surface area contributed by atoms with Crippen molar-refractivity contribution in [1.82, 2.24) is 20.5 Å². The summed E-state index contributed by atoms with van der Waals surface area (Å²) >= 11 is 5.97. The van der Waals surface area contributed by atoms with Crippen molar-refractivity contribution in [3.8, 4) is 0 Å². The minimum atomic E-state index is -0.332. The molecule has 0 fully saturated rings. The van der Waals surface area contributed by atoms with Crippen molar-refractivity contribution in [2.24, 2.45) is 0 Å². The van der Waals surface area contributed by atoms with Crippen LogP contribution >= 0.6 is 11.6 Å². The van der Waals surface area contributed by atoms with Crippen LogP contribution in [0.4, 0.5) is 4.39 Å². The summed E-state index contributed by atoms with van der Waals surface area (Å²) in [4.78, 5) is 4.00. The largest absolute Gasteiger partial charge is 0.303 e. The Hall–Kier alpha value is -1.46. The van der Waals surface area contributed by atoms with Crippen LogP contribution in [0.2, 0.25) is 5.02 Å². The lowest BCUT2D eigenvalue weighted by atomic mass is 10.1. The maximum Gasteiger partial charge on any atom is 0.138 e. The number of benzene rings is 1. The highest BCUT2D eigenvalue weighted by molar-refractivity contribution is 6.31. The first-order valence-corrected chi connectivity index (χ1v) is 5.57. The number of H-pyrrole nitrogens is 1. The topological polar surface area (TPSA) is 53.6 Å². The van der Waals surface area contributed by atoms with E-state index in [4.69, 9.17) is 11.6 Å². The molecular weight excluding hydrogens is 243 g/mol. The summed E-state index contributed by atoms with van der Waals surface area (Å²) in [5.74, 6) is 0.413. The summed E-state index contributed by atoms with van der Waals surface area (Å²) < 4.78 is 12.9. The Morgan fingerprint density at radius 1 is 1.53 bits per heavy atom. The molecular formula is C11H12ClFN4. The SMILES string of the molecule is CC(NCc1ncn[nH]1)c1ccc(F)cc1Cl. The number of rotatable bonds is 4. The highest BCUT2D eigenvalue weighted by atomic mass is 35.5. The summed E-state index contributed by atoms with van der Waals surface area (Å²) in [7, 11) is 0. The fourth-order valence-electron chi connectivity index (χ4n) is 1.53. The van der Waals surface area contributed by atoms with Crippen molar-refractivity contribution in [2.45, 2.75) is 19.5 Å². The van der Waals surface area contributed by atoms with Crippen molar-refractivity contribution in [3.63, 3.8) is 0 Å². The molecule has 0 spiro atoms. The molecule has 1 aromatic carbocycles. The minimum Gasteiger partial charge on any atom is -0.303 e. The van der Waals surface area contributed by atoms with E-state index in [0.717, 1.165) is 11.4 Å². The Morgan fingerprint density at radius 2 is 2.35 bits per heavy atom. The third-order valence-corrected chi connectivity index (χ3v) is 2.80.